The van der Waals surface area contributed by atoms with Crippen LogP contribution in [0, 0.1) is 5.82 Å². The molecular weight excluding hydrogens is 197 g/mol. The number of hydrogen-bond acceptors (Lipinski definition) is 2. The third kappa shape index (κ3) is 2.92. The number of urea groups is 1. The van der Waals surface area contributed by atoms with Crippen molar-refractivity contribution in [3.8, 4) is 0 Å². The van der Waals surface area contributed by atoms with Crippen LogP contribution in [-0.4, -0.2) is 25.0 Å². The normalized spacial score (nSPS) is 9.87. The fourth-order valence-electron chi connectivity index (χ4n) is 1.04. The molecule has 4 nitrogen and oxygen atoms in total. The Morgan fingerprint density at radius 3 is 2.73 bits per heavy atom. The molecule has 2 amide bonds. The lowest BCUT2D eigenvalue weighted by Gasteiger charge is -2.12. The summed E-state index contributed by atoms with van der Waals surface area (Å²) in [6, 6.07) is 4.05. The first-order valence-corrected chi connectivity index (χ1v) is 4.51. The molecule has 0 saturated carbocycles. The summed E-state index contributed by atoms with van der Waals surface area (Å²) in [6.45, 7) is 0.109. The average Bonchev–Trinajstić information content (AvgIpc) is 2.20. The molecule has 0 radical (unpaired) electrons. The number of benzene rings is 1. The number of nitrogens with one attached hydrogen (secondary N) is 1. The van der Waals surface area contributed by atoms with Gasteiger partial charge in [-0.1, -0.05) is 0 Å². The predicted octanol–water partition coefficient (Wildman–Crippen LogP) is 1.38. The van der Waals surface area contributed by atoms with Crippen molar-refractivity contribution >= 4 is 11.7 Å². The average molecular weight is 211 g/mol. The van der Waals surface area contributed by atoms with Crippen molar-refractivity contribution < 1.29 is 9.18 Å². The van der Waals surface area contributed by atoms with Crippen LogP contribution < -0.4 is 11.1 Å². The lowest BCUT2D eigenvalue weighted by Crippen LogP contribution is -2.27. The van der Waals surface area contributed by atoms with E-state index in [9.17, 15) is 9.18 Å². The molecule has 15 heavy (non-hydrogen) atoms. The van der Waals surface area contributed by atoms with Crippen LogP contribution in [-0.2, 0) is 6.54 Å². The van der Waals surface area contributed by atoms with Gasteiger partial charge in [0, 0.05) is 31.9 Å². The molecular formula is C10H14FN3O. The van der Waals surface area contributed by atoms with Crippen molar-refractivity contribution in [2.45, 2.75) is 6.54 Å². The Morgan fingerprint density at radius 1 is 1.53 bits per heavy atom. The van der Waals surface area contributed by atoms with Gasteiger partial charge >= 0.3 is 6.03 Å². The fraction of sp³-hybridized carbons (Fsp3) is 0.300. The zero-order chi connectivity index (χ0) is 11.4. The maximum atomic E-state index is 13.1. The zero-order valence-corrected chi connectivity index (χ0v) is 8.75. The Hall–Kier alpha value is -1.62. The lowest BCUT2D eigenvalue weighted by atomic mass is 10.2. The Labute approximate surface area is 87.9 Å². The van der Waals surface area contributed by atoms with Gasteiger partial charge in [0.25, 0.3) is 0 Å². The van der Waals surface area contributed by atoms with Gasteiger partial charge in [0.2, 0.25) is 0 Å². The number of amides is 2. The van der Waals surface area contributed by atoms with Gasteiger partial charge in [-0.2, -0.15) is 0 Å². The first kappa shape index (κ1) is 11.5. The molecule has 82 valence electrons. The van der Waals surface area contributed by atoms with Crippen molar-refractivity contribution in [1.29, 1.82) is 0 Å². The van der Waals surface area contributed by atoms with Gasteiger partial charge in [-0.25, -0.2) is 9.18 Å². The number of nitrogens with two attached hydrogens (primary N) is 1. The number of halogens is 1. The molecule has 0 aliphatic carbocycles. The van der Waals surface area contributed by atoms with Gasteiger partial charge in [-0.05, 0) is 18.2 Å². The summed E-state index contributed by atoms with van der Waals surface area (Å²) >= 11 is 0. The molecule has 0 spiro atoms. The summed E-state index contributed by atoms with van der Waals surface area (Å²) in [5.41, 5.74) is 6.27. The summed E-state index contributed by atoms with van der Waals surface area (Å²) in [4.78, 5) is 12.7. The number of carbonyl (C=O) groups is 1. The van der Waals surface area contributed by atoms with Gasteiger partial charge in [-0.3, -0.25) is 0 Å². The van der Waals surface area contributed by atoms with E-state index in [1.807, 2.05) is 0 Å². The van der Waals surface area contributed by atoms with Crippen LogP contribution in [0.15, 0.2) is 18.2 Å². The minimum atomic E-state index is -0.361. The summed E-state index contributed by atoms with van der Waals surface area (Å²) in [6.07, 6.45) is 0. The molecule has 0 bridgehead atoms. The third-order valence-corrected chi connectivity index (χ3v) is 1.92. The number of anilines is 1. The van der Waals surface area contributed by atoms with E-state index >= 15 is 0 Å². The SMILES string of the molecule is CN(C)C(=O)Nc1ccc(F)c(CN)c1. The third-order valence-electron chi connectivity index (χ3n) is 1.92. The van der Waals surface area contributed by atoms with Crippen molar-refractivity contribution in [2.75, 3.05) is 19.4 Å². The summed E-state index contributed by atoms with van der Waals surface area (Å²) in [5.74, 6) is -0.361. The molecule has 0 atom stereocenters. The Balaban J connectivity index is 2.83. The van der Waals surface area contributed by atoms with Crippen LogP contribution >= 0.6 is 0 Å². The number of hydrogen-bond donors (Lipinski definition) is 2. The monoisotopic (exact) mass is 211 g/mol. The standard InChI is InChI=1S/C10H14FN3O/c1-14(2)10(15)13-8-3-4-9(11)7(5-8)6-12/h3-5H,6,12H2,1-2H3,(H,13,15). The Kier molecular flexibility index (Phi) is 3.62. The number of nitrogens with zero attached hydrogens (tertiary/aromatic N) is 1. The van der Waals surface area contributed by atoms with Gasteiger partial charge < -0.3 is 16.0 Å². The van der Waals surface area contributed by atoms with E-state index in [1.165, 1.54) is 23.1 Å². The van der Waals surface area contributed by atoms with Crippen molar-refractivity contribution in [3.05, 3.63) is 29.6 Å². The van der Waals surface area contributed by atoms with Gasteiger partial charge in [-0.15, -0.1) is 0 Å². The van der Waals surface area contributed by atoms with Gasteiger partial charge in [0.1, 0.15) is 5.82 Å². The largest absolute Gasteiger partial charge is 0.331 e. The van der Waals surface area contributed by atoms with E-state index in [1.54, 1.807) is 14.1 Å². The zero-order valence-electron chi connectivity index (χ0n) is 8.75. The molecule has 0 aliphatic rings. The van der Waals surface area contributed by atoms with Crippen LogP contribution in [0.1, 0.15) is 5.56 Å². The lowest BCUT2D eigenvalue weighted by molar-refractivity contribution is 0.230. The molecule has 0 aromatic heterocycles. The van der Waals surface area contributed by atoms with Crippen molar-refractivity contribution in [1.82, 2.24) is 4.90 Å². The topological polar surface area (TPSA) is 58.4 Å². The number of rotatable bonds is 2. The molecule has 0 heterocycles. The second-order valence-electron chi connectivity index (χ2n) is 3.33. The van der Waals surface area contributed by atoms with Gasteiger partial charge in [0.15, 0.2) is 0 Å². The molecule has 0 aliphatic heterocycles. The second-order valence-corrected chi connectivity index (χ2v) is 3.33. The van der Waals surface area contributed by atoms with E-state index in [4.69, 9.17) is 5.73 Å². The predicted molar refractivity (Wildman–Crippen MR) is 57.0 cm³/mol. The van der Waals surface area contributed by atoms with Gasteiger partial charge in [0.05, 0.1) is 0 Å². The molecule has 0 unspecified atom stereocenters. The minimum Gasteiger partial charge on any atom is -0.331 e. The van der Waals surface area contributed by atoms with Crippen molar-refractivity contribution in [2.24, 2.45) is 5.73 Å². The summed E-state index contributed by atoms with van der Waals surface area (Å²) in [7, 11) is 3.26. The first-order chi connectivity index (χ1) is 7.04. The van der Waals surface area contributed by atoms with E-state index in [0.29, 0.717) is 11.3 Å². The van der Waals surface area contributed by atoms with Crippen LogP contribution in [0.2, 0.25) is 0 Å². The molecule has 0 fully saturated rings. The van der Waals surface area contributed by atoms with E-state index in [0.717, 1.165) is 0 Å². The van der Waals surface area contributed by atoms with Crippen LogP contribution in [0.3, 0.4) is 0 Å². The molecule has 1 aromatic carbocycles. The molecule has 0 saturated heterocycles. The molecule has 1 aromatic rings. The molecule has 5 heteroatoms. The Morgan fingerprint density at radius 2 is 2.20 bits per heavy atom. The maximum absolute atomic E-state index is 13.1. The highest BCUT2D eigenvalue weighted by atomic mass is 19.1. The maximum Gasteiger partial charge on any atom is 0.321 e. The van der Waals surface area contributed by atoms with Crippen molar-refractivity contribution in [3.63, 3.8) is 0 Å². The van der Waals surface area contributed by atoms with E-state index < -0.39 is 0 Å². The molecule has 1 rings (SSSR count). The Bertz CT molecular complexity index is 366. The van der Waals surface area contributed by atoms with E-state index in [2.05, 4.69) is 5.32 Å². The highest BCUT2D eigenvalue weighted by Crippen LogP contribution is 2.14. The minimum absolute atomic E-state index is 0.109. The highest BCUT2D eigenvalue weighted by molar-refractivity contribution is 5.88. The highest BCUT2D eigenvalue weighted by Gasteiger charge is 2.06. The fourth-order valence-corrected chi connectivity index (χ4v) is 1.04. The van der Waals surface area contributed by atoms with Crippen LogP contribution in [0.5, 0.6) is 0 Å². The van der Waals surface area contributed by atoms with Crippen LogP contribution in [0.4, 0.5) is 14.9 Å². The van der Waals surface area contributed by atoms with Crippen LogP contribution in [0.25, 0.3) is 0 Å². The molecule has 3 N–H and O–H groups in total. The first-order valence-electron chi connectivity index (χ1n) is 4.51. The smallest absolute Gasteiger partial charge is 0.321 e. The summed E-state index contributed by atoms with van der Waals surface area (Å²) < 4.78 is 13.1. The van der Waals surface area contributed by atoms with E-state index in [-0.39, 0.29) is 18.4 Å². The second kappa shape index (κ2) is 4.75. The quantitative estimate of drug-likeness (QED) is 0.776. The summed E-state index contributed by atoms with van der Waals surface area (Å²) in [5, 5.41) is 2.61. The number of carbonyl (C=O) groups excluding carboxylic acids is 1.